The molecule has 2 aliphatic rings. The van der Waals surface area contributed by atoms with Gasteiger partial charge in [0.2, 0.25) is 0 Å². The van der Waals surface area contributed by atoms with Crippen molar-refractivity contribution in [2.24, 2.45) is 10.9 Å². The van der Waals surface area contributed by atoms with Crippen molar-refractivity contribution < 1.29 is 9.53 Å². The largest absolute Gasteiger partial charge is 0.489 e. The van der Waals surface area contributed by atoms with E-state index in [0.29, 0.717) is 17.4 Å². The van der Waals surface area contributed by atoms with Gasteiger partial charge in [0, 0.05) is 30.4 Å². The Bertz CT molecular complexity index is 1530. The van der Waals surface area contributed by atoms with Gasteiger partial charge >= 0.3 is 0 Å². The molecule has 3 aromatic carbocycles. The molecule has 1 aromatic heterocycles. The molecular weight excluding hydrogens is 504 g/mol. The monoisotopic (exact) mass is 534 g/mol. The van der Waals surface area contributed by atoms with Gasteiger partial charge in [0.15, 0.2) is 5.17 Å². The van der Waals surface area contributed by atoms with Crippen molar-refractivity contribution in [2.45, 2.75) is 26.4 Å². The van der Waals surface area contributed by atoms with Crippen LogP contribution >= 0.6 is 11.8 Å². The van der Waals surface area contributed by atoms with Gasteiger partial charge in [-0.3, -0.25) is 4.79 Å². The fourth-order valence-corrected chi connectivity index (χ4v) is 5.88. The molecule has 0 N–H and O–H groups in total. The van der Waals surface area contributed by atoms with Crippen LogP contribution in [0.5, 0.6) is 5.75 Å². The van der Waals surface area contributed by atoms with Crippen molar-refractivity contribution in [1.82, 2.24) is 14.7 Å². The maximum atomic E-state index is 13.0. The molecule has 39 heavy (non-hydrogen) atoms. The number of carbonyl (C=O) groups is 1. The van der Waals surface area contributed by atoms with Gasteiger partial charge in [0.25, 0.3) is 5.91 Å². The lowest BCUT2D eigenvalue weighted by atomic mass is 10.0. The van der Waals surface area contributed by atoms with Crippen molar-refractivity contribution in [3.63, 3.8) is 0 Å². The second kappa shape index (κ2) is 11.3. The Labute approximate surface area is 233 Å². The van der Waals surface area contributed by atoms with Crippen molar-refractivity contribution in [3.8, 4) is 22.7 Å². The Hall–Kier alpha value is -4.10. The van der Waals surface area contributed by atoms with Gasteiger partial charge in [-0.05, 0) is 66.4 Å². The van der Waals surface area contributed by atoms with Crippen LogP contribution in [-0.2, 0) is 11.4 Å². The van der Waals surface area contributed by atoms with E-state index >= 15 is 0 Å². The van der Waals surface area contributed by atoms with Crippen molar-refractivity contribution in [1.29, 1.82) is 0 Å². The average molecular weight is 535 g/mol. The number of benzene rings is 3. The molecule has 0 spiro atoms. The molecule has 4 aromatic rings. The smallest absolute Gasteiger partial charge is 0.286 e. The summed E-state index contributed by atoms with van der Waals surface area (Å²) >= 11 is 1.47. The van der Waals surface area contributed by atoms with Crippen LogP contribution in [0.15, 0.2) is 101 Å². The van der Waals surface area contributed by atoms with E-state index in [2.05, 4.69) is 16.8 Å². The number of ether oxygens (including phenoxy) is 1. The first-order valence-corrected chi connectivity index (χ1v) is 14.1. The van der Waals surface area contributed by atoms with E-state index in [1.54, 1.807) is 0 Å². The topological polar surface area (TPSA) is 59.7 Å². The third-order valence-corrected chi connectivity index (χ3v) is 7.99. The number of aromatic nitrogens is 2. The quantitative estimate of drug-likeness (QED) is 0.254. The molecule has 196 valence electrons. The first kappa shape index (κ1) is 25.2. The predicted molar refractivity (Wildman–Crippen MR) is 158 cm³/mol. The summed E-state index contributed by atoms with van der Waals surface area (Å²) in [6, 6.07) is 28.1. The second-order valence-electron chi connectivity index (χ2n) is 10.0. The molecular formula is C32H30N4O2S. The molecule has 1 unspecified atom stereocenters. The molecule has 1 atom stereocenters. The number of rotatable bonds is 6. The highest BCUT2D eigenvalue weighted by molar-refractivity contribution is 8.18. The third-order valence-electron chi connectivity index (χ3n) is 6.94. The third kappa shape index (κ3) is 5.83. The van der Waals surface area contributed by atoms with Crippen LogP contribution in [0.2, 0.25) is 0 Å². The van der Waals surface area contributed by atoms with Gasteiger partial charge < -0.3 is 9.64 Å². The summed E-state index contributed by atoms with van der Waals surface area (Å²) in [5.41, 5.74) is 4.62. The highest BCUT2D eigenvalue weighted by Crippen LogP contribution is 2.35. The number of carbonyl (C=O) groups excluding carboxylic acids is 1. The van der Waals surface area contributed by atoms with Gasteiger partial charge in [0.05, 0.1) is 10.6 Å². The molecule has 1 fully saturated rings. The lowest BCUT2D eigenvalue weighted by Crippen LogP contribution is -2.37. The minimum atomic E-state index is -0.188. The summed E-state index contributed by atoms with van der Waals surface area (Å²) in [6.45, 7) is 4.63. The fraction of sp³-hybridized carbons (Fsp3) is 0.219. The molecule has 1 saturated heterocycles. The molecule has 0 aliphatic carbocycles. The van der Waals surface area contributed by atoms with E-state index in [1.165, 1.54) is 18.2 Å². The van der Waals surface area contributed by atoms with Gasteiger partial charge in [-0.1, -0.05) is 67.6 Å². The average Bonchev–Trinajstić information content (AvgIpc) is 3.57. The molecule has 0 saturated carbocycles. The van der Waals surface area contributed by atoms with Crippen molar-refractivity contribution >= 4 is 28.9 Å². The summed E-state index contributed by atoms with van der Waals surface area (Å²) in [7, 11) is 0. The Balaban J connectivity index is 1.31. The number of nitrogens with zero attached hydrogens (tertiary/aromatic N) is 4. The molecule has 7 heteroatoms. The van der Waals surface area contributed by atoms with Gasteiger partial charge in [-0.2, -0.15) is 10.1 Å². The highest BCUT2D eigenvalue weighted by atomic mass is 32.2. The Morgan fingerprint density at radius 3 is 2.62 bits per heavy atom. The Morgan fingerprint density at radius 2 is 1.82 bits per heavy atom. The molecule has 0 radical (unpaired) electrons. The second-order valence-corrected chi connectivity index (χ2v) is 11.0. The fourth-order valence-electron chi connectivity index (χ4n) is 4.94. The van der Waals surface area contributed by atoms with E-state index in [9.17, 15) is 4.79 Å². The maximum Gasteiger partial charge on any atom is 0.286 e. The first-order chi connectivity index (χ1) is 19.1. The SMILES string of the molecule is CC1CCCN(C2=NC(=O)C(=Cc3cn(-c4ccccc4)nc3-c3cccc(OCc4ccccc4)c3)S2)C1. The summed E-state index contributed by atoms with van der Waals surface area (Å²) in [5, 5.41) is 5.76. The summed E-state index contributed by atoms with van der Waals surface area (Å²) in [4.78, 5) is 20.2. The Morgan fingerprint density at radius 1 is 1.03 bits per heavy atom. The molecule has 6 nitrogen and oxygen atoms in total. The minimum Gasteiger partial charge on any atom is -0.489 e. The van der Waals surface area contributed by atoms with Gasteiger partial charge in [-0.25, -0.2) is 4.68 Å². The summed E-state index contributed by atoms with van der Waals surface area (Å²) < 4.78 is 7.95. The number of hydrogen-bond acceptors (Lipinski definition) is 5. The van der Waals surface area contributed by atoms with E-state index < -0.39 is 0 Å². The normalized spacial score (nSPS) is 18.4. The van der Waals surface area contributed by atoms with E-state index in [1.807, 2.05) is 102 Å². The van der Waals surface area contributed by atoms with Crippen LogP contribution in [0.3, 0.4) is 0 Å². The van der Waals surface area contributed by atoms with Crippen LogP contribution in [0.4, 0.5) is 0 Å². The van der Waals surface area contributed by atoms with E-state index in [-0.39, 0.29) is 5.91 Å². The first-order valence-electron chi connectivity index (χ1n) is 13.3. The number of para-hydroxylation sites is 1. The number of aliphatic imine (C=N–C) groups is 1. The van der Waals surface area contributed by atoms with E-state index in [4.69, 9.17) is 9.84 Å². The number of likely N-dealkylation sites (tertiary alicyclic amines) is 1. The summed E-state index contributed by atoms with van der Waals surface area (Å²) in [5.74, 6) is 1.18. The van der Waals surface area contributed by atoms with Crippen LogP contribution in [-0.4, -0.2) is 38.8 Å². The van der Waals surface area contributed by atoms with E-state index in [0.717, 1.165) is 58.5 Å². The zero-order valence-corrected chi connectivity index (χ0v) is 22.7. The van der Waals surface area contributed by atoms with Crippen LogP contribution < -0.4 is 4.74 Å². The molecule has 1 amide bonds. The van der Waals surface area contributed by atoms with Crippen molar-refractivity contribution in [2.75, 3.05) is 13.1 Å². The zero-order chi connectivity index (χ0) is 26.6. The van der Waals surface area contributed by atoms with Crippen LogP contribution in [0.1, 0.15) is 30.9 Å². The predicted octanol–water partition coefficient (Wildman–Crippen LogP) is 6.82. The lowest BCUT2D eigenvalue weighted by molar-refractivity contribution is -0.113. The van der Waals surface area contributed by atoms with Gasteiger partial charge in [0.1, 0.15) is 18.1 Å². The lowest BCUT2D eigenvalue weighted by Gasteiger charge is -2.31. The summed E-state index contributed by atoms with van der Waals surface area (Å²) in [6.07, 6.45) is 6.26. The minimum absolute atomic E-state index is 0.188. The number of amidine groups is 1. The zero-order valence-electron chi connectivity index (χ0n) is 21.9. The standard InChI is InChI=1S/C32H30N4O2S/c1-23-10-9-17-35(20-23)32-33-31(37)29(39-32)19-26-21-36(27-14-6-3-7-15-27)34-30(26)25-13-8-16-28(18-25)38-22-24-11-4-2-5-12-24/h2-8,11-16,18-19,21,23H,9-10,17,20,22H2,1H3. The number of thioether (sulfide) groups is 1. The van der Waals surface area contributed by atoms with Gasteiger partial charge in [-0.15, -0.1) is 0 Å². The molecule has 2 aliphatic heterocycles. The molecule has 6 rings (SSSR count). The number of amides is 1. The maximum absolute atomic E-state index is 13.0. The van der Waals surface area contributed by atoms with Crippen LogP contribution in [0.25, 0.3) is 23.0 Å². The molecule has 3 heterocycles. The van der Waals surface area contributed by atoms with Crippen molar-refractivity contribution in [3.05, 3.63) is 107 Å². The Kier molecular flexibility index (Phi) is 7.32. The molecule has 0 bridgehead atoms. The highest BCUT2D eigenvalue weighted by Gasteiger charge is 2.29. The number of hydrogen-bond donors (Lipinski definition) is 0. The van der Waals surface area contributed by atoms with Crippen LogP contribution in [0, 0.1) is 5.92 Å². The number of piperidine rings is 1.